The summed E-state index contributed by atoms with van der Waals surface area (Å²) in [6, 6.07) is 16.8. The number of ketones is 1. The van der Waals surface area contributed by atoms with Crippen LogP contribution in [0.25, 0.3) is 0 Å². The number of nitrogens with one attached hydrogen (secondary N) is 1. The molecule has 1 aliphatic heterocycles. The van der Waals surface area contributed by atoms with Crippen molar-refractivity contribution in [2.75, 3.05) is 18.5 Å². The van der Waals surface area contributed by atoms with Gasteiger partial charge in [0, 0.05) is 24.5 Å². The zero-order valence-corrected chi connectivity index (χ0v) is 16.8. The number of anilines is 1. The Morgan fingerprint density at radius 1 is 1.00 bits per heavy atom. The summed E-state index contributed by atoms with van der Waals surface area (Å²) >= 11 is 0. The van der Waals surface area contributed by atoms with Crippen LogP contribution < -0.4 is 14.8 Å². The van der Waals surface area contributed by atoms with Crippen LogP contribution in [0.2, 0.25) is 0 Å². The Morgan fingerprint density at radius 3 is 2.57 bits per heavy atom. The molecule has 0 aliphatic carbocycles. The van der Waals surface area contributed by atoms with Gasteiger partial charge in [0.05, 0.1) is 12.2 Å². The number of hydrogen-bond donors (Lipinski definition) is 1. The molecule has 0 fully saturated rings. The zero-order valence-electron chi connectivity index (χ0n) is 16.8. The lowest BCUT2D eigenvalue weighted by atomic mass is 10.1. The molecule has 3 aromatic rings. The number of nitrogens with zero attached hydrogens (tertiary/aromatic N) is 2. The number of aromatic nitrogens is 2. The van der Waals surface area contributed by atoms with E-state index in [1.807, 2.05) is 43.3 Å². The highest BCUT2D eigenvalue weighted by Gasteiger charge is 2.16. The van der Waals surface area contributed by atoms with Crippen LogP contribution in [-0.2, 0) is 11.3 Å². The third-order valence-corrected chi connectivity index (χ3v) is 4.79. The number of carbonyl (C=O) groups excluding carboxylic acids is 2. The first-order chi connectivity index (χ1) is 14.6. The van der Waals surface area contributed by atoms with E-state index in [9.17, 15) is 9.59 Å². The maximum absolute atomic E-state index is 12.5. The Balaban J connectivity index is 1.35. The van der Waals surface area contributed by atoms with E-state index >= 15 is 0 Å². The van der Waals surface area contributed by atoms with Crippen LogP contribution in [0.1, 0.15) is 34.5 Å². The Morgan fingerprint density at radius 2 is 1.77 bits per heavy atom. The first-order valence-electron chi connectivity index (χ1n) is 9.89. The van der Waals surface area contributed by atoms with Gasteiger partial charge in [0.1, 0.15) is 19.0 Å². The highest BCUT2D eigenvalue weighted by molar-refractivity contribution is 6.00. The number of ether oxygens (including phenoxy) is 2. The zero-order chi connectivity index (χ0) is 20.9. The van der Waals surface area contributed by atoms with E-state index in [0.717, 1.165) is 11.3 Å². The summed E-state index contributed by atoms with van der Waals surface area (Å²) < 4.78 is 12.7. The molecule has 1 amide bonds. The highest BCUT2D eigenvalue weighted by atomic mass is 16.6. The maximum atomic E-state index is 12.5. The van der Waals surface area contributed by atoms with Crippen molar-refractivity contribution in [1.82, 2.24) is 9.78 Å². The van der Waals surface area contributed by atoms with E-state index in [1.165, 1.54) is 0 Å². The van der Waals surface area contributed by atoms with Crippen LogP contribution in [0.15, 0.2) is 54.6 Å². The standard InChI is InChI=1S/C23H23N3O4/c1-16-13-22(26(25-16)15-17-5-3-2-4-6-17)24-23(28)10-8-19(27)18-7-9-20-21(14-18)30-12-11-29-20/h2-7,9,13-14H,8,10-12,15H2,1H3,(H,24,28). The van der Waals surface area contributed by atoms with E-state index in [-0.39, 0.29) is 24.5 Å². The van der Waals surface area contributed by atoms with Crippen molar-refractivity contribution in [3.05, 3.63) is 71.4 Å². The molecule has 0 spiro atoms. The molecule has 30 heavy (non-hydrogen) atoms. The molecule has 0 bridgehead atoms. The molecule has 1 aromatic heterocycles. The predicted octanol–water partition coefficient (Wildman–Crippen LogP) is 3.61. The number of Topliss-reactive ketones (excluding diaryl/α,β-unsaturated/α-hetero) is 1. The fraction of sp³-hybridized carbons (Fsp3) is 0.261. The lowest BCUT2D eigenvalue weighted by Crippen LogP contribution is -2.17. The molecule has 7 heteroatoms. The van der Waals surface area contributed by atoms with Gasteiger partial charge < -0.3 is 14.8 Å². The maximum Gasteiger partial charge on any atom is 0.225 e. The summed E-state index contributed by atoms with van der Waals surface area (Å²) in [6.07, 6.45) is 0.195. The van der Waals surface area contributed by atoms with E-state index in [2.05, 4.69) is 10.4 Å². The SMILES string of the molecule is Cc1cc(NC(=O)CCC(=O)c2ccc3c(c2)OCCO3)n(Cc2ccccc2)n1. The number of fused-ring (bicyclic) bond motifs is 1. The van der Waals surface area contributed by atoms with Gasteiger partial charge in [0.15, 0.2) is 17.3 Å². The Bertz CT molecular complexity index is 1060. The van der Waals surface area contributed by atoms with Gasteiger partial charge in [-0.25, -0.2) is 4.68 Å². The molecule has 0 atom stereocenters. The van der Waals surface area contributed by atoms with Crippen LogP contribution in [0.4, 0.5) is 5.82 Å². The molecule has 0 unspecified atom stereocenters. The van der Waals surface area contributed by atoms with Crippen molar-refractivity contribution in [2.24, 2.45) is 0 Å². The Labute approximate surface area is 174 Å². The number of rotatable bonds is 7. The van der Waals surface area contributed by atoms with Gasteiger partial charge in [-0.15, -0.1) is 0 Å². The lowest BCUT2D eigenvalue weighted by molar-refractivity contribution is -0.116. The van der Waals surface area contributed by atoms with Gasteiger partial charge in [-0.1, -0.05) is 30.3 Å². The first-order valence-corrected chi connectivity index (χ1v) is 9.89. The van der Waals surface area contributed by atoms with Gasteiger partial charge in [-0.2, -0.15) is 5.10 Å². The molecule has 1 aliphatic rings. The normalized spacial score (nSPS) is 12.4. The fourth-order valence-electron chi connectivity index (χ4n) is 3.32. The first kappa shape index (κ1) is 19.7. The van der Waals surface area contributed by atoms with Crippen LogP contribution in [0, 0.1) is 6.92 Å². The Kier molecular flexibility index (Phi) is 5.79. The van der Waals surface area contributed by atoms with Gasteiger partial charge in [0.2, 0.25) is 5.91 Å². The summed E-state index contributed by atoms with van der Waals surface area (Å²) in [6.45, 7) is 3.40. The molecular weight excluding hydrogens is 382 g/mol. The summed E-state index contributed by atoms with van der Waals surface area (Å²) in [7, 11) is 0. The highest BCUT2D eigenvalue weighted by Crippen LogP contribution is 2.31. The monoisotopic (exact) mass is 405 g/mol. The van der Waals surface area contributed by atoms with Crippen LogP contribution in [0.3, 0.4) is 0 Å². The fourth-order valence-corrected chi connectivity index (χ4v) is 3.32. The number of amides is 1. The largest absolute Gasteiger partial charge is 0.486 e. The summed E-state index contributed by atoms with van der Waals surface area (Å²) in [4.78, 5) is 25.0. The summed E-state index contributed by atoms with van der Waals surface area (Å²) in [5, 5.41) is 7.32. The number of carbonyl (C=O) groups is 2. The predicted molar refractivity (Wildman–Crippen MR) is 112 cm³/mol. The topological polar surface area (TPSA) is 82.5 Å². The quantitative estimate of drug-likeness (QED) is 0.607. The molecule has 0 saturated heterocycles. The molecule has 1 N–H and O–H groups in total. The lowest BCUT2D eigenvalue weighted by Gasteiger charge is -2.18. The van der Waals surface area contributed by atoms with Crippen molar-refractivity contribution in [1.29, 1.82) is 0 Å². The average molecular weight is 405 g/mol. The molecule has 2 aromatic carbocycles. The molecule has 4 rings (SSSR count). The van der Waals surface area contributed by atoms with Crippen molar-refractivity contribution >= 4 is 17.5 Å². The van der Waals surface area contributed by atoms with E-state index in [0.29, 0.717) is 42.6 Å². The molecule has 154 valence electrons. The van der Waals surface area contributed by atoms with Gasteiger partial charge in [-0.05, 0) is 30.7 Å². The third kappa shape index (κ3) is 4.68. The second-order valence-corrected chi connectivity index (χ2v) is 7.14. The van der Waals surface area contributed by atoms with Gasteiger partial charge in [0.25, 0.3) is 0 Å². The summed E-state index contributed by atoms with van der Waals surface area (Å²) in [5.74, 6) is 1.48. The van der Waals surface area contributed by atoms with E-state index in [1.54, 1.807) is 22.9 Å². The van der Waals surface area contributed by atoms with Gasteiger partial charge >= 0.3 is 0 Å². The second-order valence-electron chi connectivity index (χ2n) is 7.14. The van der Waals surface area contributed by atoms with Crippen molar-refractivity contribution in [3.8, 4) is 11.5 Å². The molecule has 7 nitrogen and oxygen atoms in total. The molecular formula is C23H23N3O4. The van der Waals surface area contributed by atoms with Gasteiger partial charge in [-0.3, -0.25) is 9.59 Å². The Hall–Kier alpha value is -3.61. The van der Waals surface area contributed by atoms with Crippen LogP contribution in [-0.4, -0.2) is 34.7 Å². The van der Waals surface area contributed by atoms with Crippen molar-refractivity contribution < 1.29 is 19.1 Å². The summed E-state index contributed by atoms with van der Waals surface area (Å²) in [5.41, 5.74) is 2.41. The smallest absolute Gasteiger partial charge is 0.225 e. The van der Waals surface area contributed by atoms with Crippen molar-refractivity contribution in [2.45, 2.75) is 26.3 Å². The minimum Gasteiger partial charge on any atom is -0.486 e. The third-order valence-electron chi connectivity index (χ3n) is 4.79. The number of benzene rings is 2. The molecule has 0 radical (unpaired) electrons. The number of hydrogen-bond acceptors (Lipinski definition) is 5. The average Bonchev–Trinajstić information content (AvgIpc) is 3.10. The van der Waals surface area contributed by atoms with Crippen molar-refractivity contribution in [3.63, 3.8) is 0 Å². The van der Waals surface area contributed by atoms with Crippen LogP contribution in [0.5, 0.6) is 11.5 Å². The molecule has 0 saturated carbocycles. The second kappa shape index (κ2) is 8.82. The van der Waals surface area contributed by atoms with E-state index < -0.39 is 0 Å². The molecule has 2 heterocycles. The minimum absolute atomic E-state index is 0.0862. The van der Waals surface area contributed by atoms with Crippen LogP contribution >= 0.6 is 0 Å². The number of aryl methyl sites for hydroxylation is 1. The van der Waals surface area contributed by atoms with E-state index in [4.69, 9.17) is 9.47 Å². The minimum atomic E-state index is -0.227.